The van der Waals surface area contributed by atoms with Crippen LogP contribution in [0.3, 0.4) is 0 Å². The Balaban J connectivity index is 2.70. The van der Waals surface area contributed by atoms with Gasteiger partial charge >= 0.3 is 0 Å². The quantitative estimate of drug-likeness (QED) is 0.754. The minimum atomic E-state index is -0.330. The van der Waals surface area contributed by atoms with E-state index in [4.69, 9.17) is 9.47 Å². The molecule has 5 nitrogen and oxygen atoms in total. The van der Waals surface area contributed by atoms with E-state index in [9.17, 15) is 4.79 Å². The molecule has 2 N–H and O–H groups in total. The van der Waals surface area contributed by atoms with Gasteiger partial charge in [-0.05, 0) is 25.1 Å². The number of hydrogen-bond donors (Lipinski definition) is 2. The Hall–Kier alpha value is -1.59. The minimum absolute atomic E-state index is 0.00172. The second-order valence-corrected chi connectivity index (χ2v) is 5.00. The molecule has 1 aromatic rings. The molecule has 0 aliphatic rings. The topological polar surface area (TPSA) is 59.6 Å². The lowest BCUT2D eigenvalue weighted by Gasteiger charge is -2.23. The van der Waals surface area contributed by atoms with Crippen LogP contribution >= 0.6 is 0 Å². The van der Waals surface area contributed by atoms with E-state index in [-0.39, 0.29) is 24.2 Å². The van der Waals surface area contributed by atoms with Crippen LogP contribution in [0, 0.1) is 5.92 Å². The number of methoxy groups -OCH3 is 2. The Kier molecular flexibility index (Phi) is 6.48. The van der Waals surface area contributed by atoms with E-state index in [1.165, 1.54) is 0 Å². The van der Waals surface area contributed by atoms with Crippen molar-refractivity contribution in [2.24, 2.45) is 5.92 Å². The van der Waals surface area contributed by atoms with Gasteiger partial charge in [0.05, 0.1) is 6.04 Å². The van der Waals surface area contributed by atoms with Crippen LogP contribution in [-0.2, 0) is 14.3 Å². The van der Waals surface area contributed by atoms with E-state index in [2.05, 4.69) is 10.6 Å². The van der Waals surface area contributed by atoms with Crippen molar-refractivity contribution in [1.82, 2.24) is 0 Å². The van der Waals surface area contributed by atoms with Crippen molar-refractivity contribution in [2.45, 2.75) is 33.1 Å². The molecule has 0 bridgehead atoms. The fraction of sp³-hybridized carbons (Fsp3) is 0.533. The molecular weight excluding hydrogens is 256 g/mol. The molecule has 0 spiro atoms. The molecule has 0 aromatic heterocycles. The van der Waals surface area contributed by atoms with Crippen molar-refractivity contribution in [3.8, 4) is 0 Å². The molecule has 20 heavy (non-hydrogen) atoms. The van der Waals surface area contributed by atoms with Gasteiger partial charge in [-0.1, -0.05) is 19.9 Å². The summed E-state index contributed by atoms with van der Waals surface area (Å²) in [5, 5.41) is 6.16. The van der Waals surface area contributed by atoms with Gasteiger partial charge in [-0.15, -0.1) is 0 Å². The molecule has 0 radical (unpaired) electrons. The molecule has 1 aromatic carbocycles. The van der Waals surface area contributed by atoms with Crippen LogP contribution in [0.4, 0.5) is 11.4 Å². The first-order valence-corrected chi connectivity index (χ1v) is 6.71. The van der Waals surface area contributed by atoms with E-state index < -0.39 is 0 Å². The largest absolute Gasteiger partial charge is 0.377 e. The molecule has 0 heterocycles. The highest BCUT2D eigenvalue weighted by Crippen LogP contribution is 2.18. The lowest BCUT2D eigenvalue weighted by Crippen LogP contribution is -2.33. The second-order valence-electron chi connectivity index (χ2n) is 5.00. The molecule has 1 atom stereocenters. The smallest absolute Gasteiger partial charge is 0.226 e. The Morgan fingerprint density at radius 1 is 1.10 bits per heavy atom. The van der Waals surface area contributed by atoms with E-state index in [1.54, 1.807) is 14.2 Å². The average Bonchev–Trinajstić information content (AvgIpc) is 2.40. The maximum atomic E-state index is 11.7. The third-order valence-corrected chi connectivity index (χ3v) is 2.92. The molecule has 0 aliphatic carbocycles. The van der Waals surface area contributed by atoms with Crippen LogP contribution in [0.25, 0.3) is 0 Å². The van der Waals surface area contributed by atoms with Gasteiger partial charge in [0.15, 0.2) is 6.29 Å². The monoisotopic (exact) mass is 280 g/mol. The summed E-state index contributed by atoms with van der Waals surface area (Å²) in [5.74, 6) is -0.0428. The molecular formula is C15H24N2O3. The number of carbonyl (C=O) groups excluding carboxylic acids is 1. The van der Waals surface area contributed by atoms with E-state index >= 15 is 0 Å². The molecule has 112 valence electrons. The average molecular weight is 280 g/mol. The third-order valence-electron chi connectivity index (χ3n) is 2.92. The van der Waals surface area contributed by atoms with Crippen molar-refractivity contribution in [3.63, 3.8) is 0 Å². The highest BCUT2D eigenvalue weighted by Gasteiger charge is 2.15. The Morgan fingerprint density at radius 2 is 1.70 bits per heavy atom. The minimum Gasteiger partial charge on any atom is -0.377 e. The molecule has 0 saturated heterocycles. The summed E-state index contributed by atoms with van der Waals surface area (Å²) in [4.78, 5) is 11.7. The standard InChI is InChI=1S/C15H24N2O3/c1-10(2)14(18)17-13-8-6-7-12(9-13)16-11(3)15(19-4)20-5/h6-11,15-16H,1-5H3,(H,17,18). The second kappa shape index (κ2) is 7.87. The summed E-state index contributed by atoms with van der Waals surface area (Å²) in [7, 11) is 3.21. The van der Waals surface area contributed by atoms with Crippen LogP contribution < -0.4 is 10.6 Å². The summed E-state index contributed by atoms with van der Waals surface area (Å²) in [6.45, 7) is 5.69. The lowest BCUT2D eigenvalue weighted by atomic mass is 10.2. The van der Waals surface area contributed by atoms with Gasteiger partial charge < -0.3 is 20.1 Å². The first kappa shape index (κ1) is 16.5. The SMILES string of the molecule is COC(OC)C(C)Nc1cccc(NC(=O)C(C)C)c1. The van der Waals surface area contributed by atoms with Crippen molar-refractivity contribution in [2.75, 3.05) is 24.9 Å². The van der Waals surface area contributed by atoms with E-state index in [0.717, 1.165) is 11.4 Å². The van der Waals surface area contributed by atoms with Gasteiger partial charge in [-0.3, -0.25) is 4.79 Å². The van der Waals surface area contributed by atoms with Crippen molar-refractivity contribution in [3.05, 3.63) is 24.3 Å². The van der Waals surface area contributed by atoms with Crippen molar-refractivity contribution < 1.29 is 14.3 Å². The molecule has 1 unspecified atom stereocenters. The summed E-state index contributed by atoms with van der Waals surface area (Å²) in [5.41, 5.74) is 1.67. The molecule has 0 saturated carbocycles. The van der Waals surface area contributed by atoms with Gasteiger partial charge in [0.25, 0.3) is 0 Å². The number of benzene rings is 1. The van der Waals surface area contributed by atoms with Crippen LogP contribution in [-0.4, -0.2) is 32.5 Å². The van der Waals surface area contributed by atoms with Gasteiger partial charge in [-0.25, -0.2) is 0 Å². The van der Waals surface area contributed by atoms with Crippen LogP contribution in [0.2, 0.25) is 0 Å². The predicted molar refractivity (Wildman–Crippen MR) is 80.8 cm³/mol. The predicted octanol–water partition coefficient (Wildman–Crippen LogP) is 2.70. The van der Waals surface area contributed by atoms with Crippen molar-refractivity contribution >= 4 is 17.3 Å². The number of carbonyl (C=O) groups is 1. The molecule has 0 aliphatic heterocycles. The maximum Gasteiger partial charge on any atom is 0.226 e. The number of nitrogens with one attached hydrogen (secondary N) is 2. The zero-order chi connectivity index (χ0) is 15.1. The number of ether oxygens (including phenoxy) is 2. The summed E-state index contributed by atoms with van der Waals surface area (Å²) >= 11 is 0. The number of rotatable bonds is 7. The zero-order valence-electron chi connectivity index (χ0n) is 12.8. The highest BCUT2D eigenvalue weighted by molar-refractivity contribution is 5.92. The Morgan fingerprint density at radius 3 is 2.25 bits per heavy atom. The first-order chi connectivity index (χ1) is 9.47. The fourth-order valence-electron chi connectivity index (χ4n) is 1.81. The molecule has 1 rings (SSSR count). The maximum absolute atomic E-state index is 11.7. The normalized spacial score (nSPS) is 12.6. The summed E-state index contributed by atoms with van der Waals surface area (Å²) < 4.78 is 10.4. The van der Waals surface area contributed by atoms with E-state index in [1.807, 2.05) is 45.0 Å². The van der Waals surface area contributed by atoms with Crippen LogP contribution in [0.1, 0.15) is 20.8 Å². The van der Waals surface area contributed by atoms with E-state index in [0.29, 0.717) is 0 Å². The Labute approximate surface area is 120 Å². The van der Waals surface area contributed by atoms with Gasteiger partial charge in [-0.2, -0.15) is 0 Å². The summed E-state index contributed by atoms with van der Waals surface area (Å²) in [6, 6.07) is 7.56. The fourth-order valence-corrected chi connectivity index (χ4v) is 1.81. The number of anilines is 2. The van der Waals surface area contributed by atoms with Crippen molar-refractivity contribution in [1.29, 1.82) is 0 Å². The first-order valence-electron chi connectivity index (χ1n) is 6.71. The molecule has 5 heteroatoms. The van der Waals surface area contributed by atoms with Crippen LogP contribution in [0.15, 0.2) is 24.3 Å². The molecule has 0 fully saturated rings. The summed E-state index contributed by atoms with van der Waals surface area (Å²) in [6.07, 6.45) is -0.330. The highest BCUT2D eigenvalue weighted by atomic mass is 16.7. The third kappa shape index (κ3) is 4.83. The number of amides is 1. The number of hydrogen-bond acceptors (Lipinski definition) is 4. The van der Waals surface area contributed by atoms with Crippen LogP contribution in [0.5, 0.6) is 0 Å². The van der Waals surface area contributed by atoms with Gasteiger partial charge in [0.1, 0.15) is 0 Å². The Bertz CT molecular complexity index is 431. The molecule has 1 amide bonds. The lowest BCUT2D eigenvalue weighted by molar-refractivity contribution is -0.118. The van der Waals surface area contributed by atoms with Gasteiger partial charge in [0, 0.05) is 31.5 Å². The van der Waals surface area contributed by atoms with Gasteiger partial charge in [0.2, 0.25) is 5.91 Å². The zero-order valence-corrected chi connectivity index (χ0v) is 12.8.